The van der Waals surface area contributed by atoms with Gasteiger partial charge in [-0.25, -0.2) is 0 Å². The first-order valence-electron chi connectivity index (χ1n) is 26.8. The van der Waals surface area contributed by atoms with Crippen molar-refractivity contribution in [3.8, 4) is 0 Å². The van der Waals surface area contributed by atoms with E-state index in [2.05, 4.69) is 111 Å². The summed E-state index contributed by atoms with van der Waals surface area (Å²) in [5, 5.41) is 23.8. The number of ether oxygens (including phenoxy) is 1. The van der Waals surface area contributed by atoms with E-state index in [0.29, 0.717) is 25.7 Å². The van der Waals surface area contributed by atoms with Crippen LogP contribution in [0.1, 0.15) is 245 Å². The second-order valence-electron chi connectivity index (χ2n) is 17.9. The van der Waals surface area contributed by atoms with Crippen LogP contribution < -0.4 is 5.32 Å². The fourth-order valence-electron chi connectivity index (χ4n) is 7.67. The number of amides is 1. The van der Waals surface area contributed by atoms with Crippen molar-refractivity contribution >= 4 is 11.9 Å². The van der Waals surface area contributed by atoms with E-state index in [0.717, 1.165) is 89.9 Å². The monoisotopic (exact) mass is 892 g/mol. The number of hydrogen-bond donors (Lipinski definition) is 3. The van der Waals surface area contributed by atoms with E-state index >= 15 is 0 Å². The van der Waals surface area contributed by atoms with Gasteiger partial charge in [-0.15, -0.1) is 0 Å². The zero-order valence-corrected chi connectivity index (χ0v) is 41.9. The van der Waals surface area contributed by atoms with Gasteiger partial charge in [0.2, 0.25) is 5.91 Å². The number of aliphatic hydroxyl groups is 2. The number of nitrogens with one attached hydrogen (secondary N) is 1. The summed E-state index contributed by atoms with van der Waals surface area (Å²) in [5.41, 5.74) is 0. The summed E-state index contributed by atoms with van der Waals surface area (Å²) in [6.45, 7) is 6.33. The SMILES string of the molecule is CC/C=C\C/C=C\C/C=C\C/C=C\C/C=C\CCCC(=O)OC(CCCCCCCCC/C=C\C/C=C\CCCCC)CC(=O)NC(CO)C(O)CCCCCCCCCCCCC. The third-order valence-electron chi connectivity index (χ3n) is 11.7. The number of aliphatic hydroxyl groups excluding tert-OH is 2. The van der Waals surface area contributed by atoms with Crippen LogP contribution in [0.5, 0.6) is 0 Å². The number of carbonyl (C=O) groups excluding carboxylic acids is 2. The Morgan fingerprint density at radius 1 is 0.469 bits per heavy atom. The number of hydrogen-bond acceptors (Lipinski definition) is 5. The Morgan fingerprint density at radius 3 is 1.31 bits per heavy atom. The van der Waals surface area contributed by atoms with Crippen molar-refractivity contribution in [3.05, 3.63) is 85.1 Å². The van der Waals surface area contributed by atoms with Gasteiger partial charge in [0.25, 0.3) is 0 Å². The Morgan fingerprint density at radius 2 is 0.844 bits per heavy atom. The number of unbranched alkanes of at least 4 members (excludes halogenated alkanes) is 21. The minimum Gasteiger partial charge on any atom is -0.462 e. The van der Waals surface area contributed by atoms with Gasteiger partial charge in [-0.2, -0.15) is 0 Å². The molecule has 6 nitrogen and oxygen atoms in total. The Balaban J connectivity index is 4.71. The molecule has 0 aliphatic carbocycles. The van der Waals surface area contributed by atoms with Gasteiger partial charge in [0.1, 0.15) is 6.10 Å². The first-order chi connectivity index (χ1) is 31.5. The lowest BCUT2D eigenvalue weighted by atomic mass is 10.0. The lowest BCUT2D eigenvalue weighted by Crippen LogP contribution is -2.46. The molecule has 64 heavy (non-hydrogen) atoms. The van der Waals surface area contributed by atoms with E-state index in [4.69, 9.17) is 4.74 Å². The second-order valence-corrected chi connectivity index (χ2v) is 17.9. The van der Waals surface area contributed by atoms with Crippen molar-refractivity contribution in [2.45, 2.75) is 264 Å². The lowest BCUT2D eigenvalue weighted by molar-refractivity contribution is -0.151. The van der Waals surface area contributed by atoms with Gasteiger partial charge in [0.15, 0.2) is 0 Å². The van der Waals surface area contributed by atoms with Crippen molar-refractivity contribution in [3.63, 3.8) is 0 Å². The van der Waals surface area contributed by atoms with Gasteiger partial charge < -0.3 is 20.3 Å². The maximum absolute atomic E-state index is 13.2. The predicted octanol–water partition coefficient (Wildman–Crippen LogP) is 16.3. The van der Waals surface area contributed by atoms with Crippen LogP contribution in [0.2, 0.25) is 0 Å². The molecule has 0 aromatic heterocycles. The molecule has 0 radical (unpaired) electrons. The molecule has 0 aliphatic rings. The summed E-state index contributed by atoms with van der Waals surface area (Å²) in [5.74, 6) is -0.553. The summed E-state index contributed by atoms with van der Waals surface area (Å²) in [7, 11) is 0. The molecule has 368 valence electrons. The molecule has 3 unspecified atom stereocenters. The van der Waals surface area contributed by atoms with Crippen LogP contribution in [0.4, 0.5) is 0 Å². The Labute approximate surface area is 395 Å². The molecular formula is C58H101NO5. The number of allylic oxidation sites excluding steroid dienone is 14. The largest absolute Gasteiger partial charge is 0.462 e. The van der Waals surface area contributed by atoms with Crippen LogP contribution in [0.15, 0.2) is 85.1 Å². The minimum atomic E-state index is -0.803. The lowest BCUT2D eigenvalue weighted by Gasteiger charge is -2.24. The van der Waals surface area contributed by atoms with Crippen LogP contribution >= 0.6 is 0 Å². The highest BCUT2D eigenvalue weighted by molar-refractivity contribution is 5.77. The fourth-order valence-corrected chi connectivity index (χ4v) is 7.67. The predicted molar refractivity (Wildman–Crippen MR) is 278 cm³/mol. The first kappa shape index (κ1) is 61.0. The van der Waals surface area contributed by atoms with E-state index in [1.807, 2.05) is 0 Å². The van der Waals surface area contributed by atoms with Gasteiger partial charge in [-0.1, -0.05) is 221 Å². The van der Waals surface area contributed by atoms with Crippen molar-refractivity contribution in [2.75, 3.05) is 6.61 Å². The smallest absolute Gasteiger partial charge is 0.306 e. The Hall–Kier alpha value is -2.96. The topological polar surface area (TPSA) is 95.9 Å². The highest BCUT2D eigenvalue weighted by atomic mass is 16.5. The van der Waals surface area contributed by atoms with Crippen LogP contribution in [0, 0.1) is 0 Å². The quantitative estimate of drug-likeness (QED) is 0.0321. The van der Waals surface area contributed by atoms with Crippen molar-refractivity contribution < 1.29 is 24.5 Å². The zero-order chi connectivity index (χ0) is 46.7. The van der Waals surface area contributed by atoms with E-state index in [1.54, 1.807) is 0 Å². The molecule has 0 bridgehead atoms. The molecule has 0 saturated carbocycles. The maximum Gasteiger partial charge on any atom is 0.306 e. The number of carbonyl (C=O) groups is 2. The van der Waals surface area contributed by atoms with E-state index in [1.165, 1.54) is 103 Å². The summed E-state index contributed by atoms with van der Waals surface area (Å²) < 4.78 is 5.91. The van der Waals surface area contributed by atoms with Crippen molar-refractivity contribution in [2.24, 2.45) is 0 Å². The standard InChI is InChI=1S/C58H101NO5/c1-4-7-10-13-16-19-22-24-26-28-30-32-35-37-40-43-46-49-54(52-57(62)59-55(53-60)56(61)50-47-44-41-38-34-21-18-15-12-9-6-3)64-58(63)51-48-45-42-39-36-33-31-29-27-25-23-20-17-14-11-8-5-2/h8,11,16-17,19-20,24-27,31,33,39,42,54-56,60-61H,4-7,9-10,12-15,18,21-23,28-30,32,34-38,40-41,43-53H2,1-3H3,(H,59,62)/b11-8-,19-16-,20-17-,26-24-,27-25-,33-31-,42-39-. The van der Waals surface area contributed by atoms with Gasteiger partial charge in [-0.05, 0) is 96.3 Å². The molecular weight excluding hydrogens is 791 g/mol. The molecule has 0 fully saturated rings. The molecule has 3 atom stereocenters. The summed E-state index contributed by atoms with van der Waals surface area (Å²) >= 11 is 0. The second kappa shape index (κ2) is 51.0. The molecule has 0 aromatic carbocycles. The van der Waals surface area contributed by atoms with Gasteiger partial charge in [-0.3, -0.25) is 9.59 Å². The zero-order valence-electron chi connectivity index (χ0n) is 41.9. The van der Waals surface area contributed by atoms with Crippen molar-refractivity contribution in [1.82, 2.24) is 5.32 Å². The van der Waals surface area contributed by atoms with Crippen LogP contribution in [-0.4, -0.2) is 46.9 Å². The third kappa shape index (κ3) is 45.6. The average Bonchev–Trinajstić information content (AvgIpc) is 3.29. The molecule has 0 aliphatic heterocycles. The molecule has 6 heteroatoms. The van der Waals surface area contributed by atoms with Crippen molar-refractivity contribution in [1.29, 1.82) is 0 Å². The molecule has 0 aromatic rings. The average molecular weight is 892 g/mol. The van der Waals surface area contributed by atoms with Gasteiger partial charge in [0, 0.05) is 6.42 Å². The minimum absolute atomic E-state index is 0.0460. The Bertz CT molecular complexity index is 1230. The summed E-state index contributed by atoms with van der Waals surface area (Å²) in [6.07, 6.45) is 66.4. The van der Waals surface area contributed by atoms with E-state index in [-0.39, 0.29) is 24.9 Å². The molecule has 0 rings (SSSR count). The number of rotatable bonds is 47. The van der Waals surface area contributed by atoms with Crippen LogP contribution in [0.3, 0.4) is 0 Å². The van der Waals surface area contributed by atoms with Crippen LogP contribution in [-0.2, 0) is 14.3 Å². The summed E-state index contributed by atoms with van der Waals surface area (Å²) in [6, 6.07) is -0.719. The van der Waals surface area contributed by atoms with Gasteiger partial charge >= 0.3 is 5.97 Å². The third-order valence-corrected chi connectivity index (χ3v) is 11.7. The summed E-state index contributed by atoms with van der Waals surface area (Å²) in [4.78, 5) is 26.2. The first-order valence-corrected chi connectivity index (χ1v) is 26.8. The molecule has 0 spiro atoms. The van der Waals surface area contributed by atoms with Crippen LogP contribution in [0.25, 0.3) is 0 Å². The maximum atomic E-state index is 13.2. The highest BCUT2D eigenvalue weighted by Crippen LogP contribution is 2.17. The van der Waals surface area contributed by atoms with Gasteiger partial charge in [0.05, 0.1) is 25.2 Å². The van der Waals surface area contributed by atoms with E-state index in [9.17, 15) is 19.8 Å². The molecule has 0 heterocycles. The number of esters is 1. The molecule has 3 N–H and O–H groups in total. The molecule has 0 saturated heterocycles. The normalized spacial score (nSPS) is 13.9. The fraction of sp³-hybridized carbons (Fsp3) is 0.724. The van der Waals surface area contributed by atoms with E-state index < -0.39 is 18.2 Å². The Kier molecular flexibility index (Phi) is 48.7. The molecule has 1 amide bonds. The highest BCUT2D eigenvalue weighted by Gasteiger charge is 2.24.